The summed E-state index contributed by atoms with van der Waals surface area (Å²) in [7, 11) is 0.638. The predicted octanol–water partition coefficient (Wildman–Crippen LogP) is 11.9. The highest BCUT2D eigenvalue weighted by molar-refractivity contribution is 7.88. The summed E-state index contributed by atoms with van der Waals surface area (Å²) >= 11 is 23.6. The number of rotatable bonds is 28. The van der Waals surface area contributed by atoms with Crippen LogP contribution in [0.1, 0.15) is 80.4 Å². The molecule has 728 valence electrons. The molecule has 9 aromatic rings. The van der Waals surface area contributed by atoms with E-state index in [1.54, 1.807) is 47.1 Å². The molecule has 6 N–H and O–H groups in total. The number of fused-ring (bicyclic) bond motifs is 3. The molecule has 34 nitrogen and oxygen atoms in total. The van der Waals surface area contributed by atoms with E-state index in [1.807, 2.05) is 104 Å². The van der Waals surface area contributed by atoms with E-state index >= 15 is 0 Å². The fourth-order valence-corrected chi connectivity index (χ4v) is 21.2. The molecule has 0 aliphatic carbocycles. The topological polar surface area (TPSA) is 392 Å². The number of thiazole rings is 3. The second-order valence-corrected chi connectivity index (χ2v) is 40.1. The molecule has 0 bridgehead atoms. The number of amides is 6. The number of esters is 3. The number of aliphatic carboxylic acids is 2. The van der Waals surface area contributed by atoms with E-state index in [1.165, 1.54) is 110 Å². The Hall–Kier alpha value is -12.6. The molecule has 0 spiro atoms. The molecule has 18 rings (SSSR count). The third-order valence-electron chi connectivity index (χ3n) is 25.2. The number of amidine groups is 3. The van der Waals surface area contributed by atoms with Crippen LogP contribution in [0.5, 0.6) is 0 Å². The van der Waals surface area contributed by atoms with E-state index in [9.17, 15) is 70.2 Å². The molecule has 6 saturated heterocycles. The van der Waals surface area contributed by atoms with Crippen LogP contribution in [0.2, 0.25) is 15.1 Å². The molecule has 6 fully saturated rings. The van der Waals surface area contributed by atoms with E-state index in [2.05, 4.69) is 50.3 Å². The largest absolute Gasteiger partial charge is 0.481 e. The molecule has 0 unspecified atom stereocenters. The molecule has 9 aliphatic heterocycles. The zero-order valence-electron chi connectivity index (χ0n) is 76.0. The van der Waals surface area contributed by atoms with Gasteiger partial charge in [0, 0.05) is 205 Å². The first-order valence-corrected chi connectivity index (χ1v) is 50.0. The summed E-state index contributed by atoms with van der Waals surface area (Å²) in [5.74, 6) is -4.57. The summed E-state index contributed by atoms with van der Waals surface area (Å²) < 4.78 is 82.7. The Morgan fingerprint density at radius 3 is 1.01 bits per heavy atom. The number of sulfonamides is 1. The van der Waals surface area contributed by atoms with Gasteiger partial charge in [-0.3, -0.25) is 54.0 Å². The number of aromatic nitrogens is 3. The van der Waals surface area contributed by atoms with Gasteiger partial charge in [-0.2, -0.15) is 0 Å². The van der Waals surface area contributed by atoms with E-state index in [-0.39, 0.29) is 68.0 Å². The number of carbonyl (C=O) groups excluding carboxylic acids is 6. The number of benzene rings is 6. The van der Waals surface area contributed by atoms with Gasteiger partial charge in [0.25, 0.3) is 0 Å². The number of halogens is 6. The number of urea groups is 3. The van der Waals surface area contributed by atoms with Gasteiger partial charge in [0.2, 0.25) is 10.0 Å². The van der Waals surface area contributed by atoms with E-state index in [0.717, 1.165) is 40.0 Å². The minimum absolute atomic E-state index is 0.0735. The first-order chi connectivity index (χ1) is 66.7. The number of nitrogens with zero attached hydrogens (tertiary/aromatic N) is 15. The summed E-state index contributed by atoms with van der Waals surface area (Å²) in [5, 5.41) is 36.1. The molecule has 139 heavy (non-hydrogen) atoms. The highest BCUT2D eigenvalue weighted by atomic mass is 35.5. The van der Waals surface area contributed by atoms with Crippen molar-refractivity contribution in [1.82, 2.24) is 65.0 Å². The Balaban J connectivity index is 0.000000151. The fourth-order valence-electron chi connectivity index (χ4n) is 18.2. The Morgan fingerprint density at radius 1 is 0.453 bits per heavy atom. The minimum atomic E-state index is -3.26. The maximum atomic E-state index is 14.0. The average molecular weight is 2040 g/mol. The molecule has 6 aromatic carbocycles. The number of carboxylic acid groups (broad SMARTS) is 2. The maximum Gasteiger partial charge on any atom is 0.338 e. The lowest BCUT2D eigenvalue weighted by Gasteiger charge is -2.38. The lowest BCUT2D eigenvalue weighted by Crippen LogP contribution is -2.53. The summed E-state index contributed by atoms with van der Waals surface area (Å²) in [6.45, 7) is 10.9. The number of carbonyl (C=O) groups is 8. The number of piperazine rings is 3. The Morgan fingerprint density at radius 2 is 0.748 bits per heavy atom. The number of methoxy groups -OCH3 is 3. The predicted molar refractivity (Wildman–Crippen MR) is 521 cm³/mol. The standard InChI is InChI=1S/2C32H32ClFN6O5S.C31H33ClFN7O5S2/c2*1-18(30(41)42)13-19-3-6-21(7-4-19)40-16-22-15-38(10-11-39(22)32(40)44)17-25-26(31(43)45-2)27(23-8-5-20(34)14-24(23)33)37-28(36-25)29-35-9-12-46-29;1-45-30(41)26-25(36-28(29-34-11-14-46-29)37-27(26)23-8-5-20(33)15-24(23)32)18-38-12-13-39-22(16-38)17-40(31(39)42)21-6-3-19(4-7-21)9-10-35-47(2,43)44/h2*3-9,12,14,18,22,27H,10-11,13,15-17H2,1-2H3,(H,36,37)(H,41,42);3-8,11,14-15,22,27,35H,9-10,12-13,16-18H2,1-2H3,(H,36,37)/t18-,22+,27+;18-,22-,27-;22-,27-/m100/s1. The van der Waals surface area contributed by atoms with Gasteiger partial charge < -0.3 is 55.1 Å². The van der Waals surface area contributed by atoms with Gasteiger partial charge in [-0.25, -0.2) is 70.0 Å². The van der Waals surface area contributed by atoms with Crippen molar-refractivity contribution in [2.24, 2.45) is 26.8 Å². The van der Waals surface area contributed by atoms with Crippen LogP contribution in [0.25, 0.3) is 0 Å². The SMILES string of the molecule is COC(=O)C1=C(CN2CCN3C(=O)N(c4ccc(CCNS(C)(=O)=O)cc4)C[C@@H]3C2)NC(c2nccs2)=N[C@H]1c1ccc(F)cc1Cl.COC(=O)C1=C(CN2CCN3C(=O)N(c4ccc(C[C@@H](C)C(=O)O)cc4)C[C@@H]3C2)NC(c2nccs2)=N[C@H]1c1ccc(F)cc1Cl.COC(=O)C1=C(CN2CCN3C(=O)N(c4ccc(C[C@H](C)C(=O)O)cc4)C[C@@H]3C2)NC(c2nccs2)=N[C@H]1c1ccc(F)cc1Cl. The van der Waals surface area contributed by atoms with Gasteiger partial charge >= 0.3 is 47.9 Å². The monoisotopic (exact) mass is 2030 g/mol. The third-order valence-corrected chi connectivity index (χ3v) is 29.2. The van der Waals surface area contributed by atoms with Crippen molar-refractivity contribution in [3.63, 3.8) is 0 Å². The summed E-state index contributed by atoms with van der Waals surface area (Å²) in [4.78, 5) is 148. The zero-order valence-corrected chi connectivity index (χ0v) is 81.5. The van der Waals surface area contributed by atoms with Gasteiger partial charge in [-0.05, 0) is 109 Å². The van der Waals surface area contributed by atoms with Crippen LogP contribution in [-0.4, -0.2) is 279 Å². The second-order valence-electron chi connectivity index (χ2n) is 34.4. The van der Waals surface area contributed by atoms with Crippen LogP contribution in [-0.2, 0) is 67.5 Å². The minimum Gasteiger partial charge on any atom is -0.481 e. The van der Waals surface area contributed by atoms with Gasteiger partial charge in [0.15, 0.2) is 32.5 Å². The van der Waals surface area contributed by atoms with Gasteiger partial charge in [-0.1, -0.05) is 103 Å². The smallest absolute Gasteiger partial charge is 0.338 e. The quantitative estimate of drug-likeness (QED) is 0.0196. The first-order valence-electron chi connectivity index (χ1n) is 44.4. The molecular formula is C95H97Cl3F3N19O15S4. The van der Waals surface area contributed by atoms with E-state index in [4.69, 9.17) is 64.0 Å². The summed E-state index contributed by atoms with van der Waals surface area (Å²) in [6.07, 6.45) is 7.47. The van der Waals surface area contributed by atoms with Crippen LogP contribution in [0, 0.1) is 29.3 Å². The van der Waals surface area contributed by atoms with Gasteiger partial charge in [-0.15, -0.1) is 34.0 Å². The van der Waals surface area contributed by atoms with Crippen molar-refractivity contribution in [3.05, 3.63) is 277 Å². The Bertz CT molecular complexity index is 6240. The van der Waals surface area contributed by atoms with Crippen LogP contribution in [0.3, 0.4) is 0 Å². The molecule has 9 aliphatic rings. The highest BCUT2D eigenvalue weighted by Gasteiger charge is 2.47. The van der Waals surface area contributed by atoms with Crippen molar-refractivity contribution in [2.75, 3.05) is 147 Å². The first kappa shape index (κ1) is 99.5. The van der Waals surface area contributed by atoms with Crippen molar-refractivity contribution in [3.8, 4) is 0 Å². The van der Waals surface area contributed by atoms with Crippen molar-refractivity contribution in [1.29, 1.82) is 0 Å². The lowest BCUT2D eigenvalue weighted by molar-refractivity contribution is -0.142. The number of ether oxygens (including phenoxy) is 3. The molecular weight excluding hydrogens is 1940 g/mol. The van der Waals surface area contributed by atoms with Gasteiger partial charge in [0.05, 0.1) is 74.3 Å². The molecule has 44 heteroatoms. The maximum absolute atomic E-state index is 14.0. The molecule has 3 aromatic heterocycles. The third kappa shape index (κ3) is 22.8. The summed E-state index contributed by atoms with van der Waals surface area (Å²) in [6, 6.07) is 31.4. The molecule has 12 heterocycles. The number of carboxylic acids is 2. The van der Waals surface area contributed by atoms with E-state index < -0.39 is 87.3 Å². The van der Waals surface area contributed by atoms with Gasteiger partial charge in [0.1, 0.15) is 35.6 Å². The Kier molecular flexibility index (Phi) is 31.1. The fraction of sp³-hybridized carbons (Fsp3) is 0.347. The number of hydrogen-bond acceptors (Lipinski definition) is 28. The zero-order chi connectivity index (χ0) is 98.4. The Labute approximate surface area is 825 Å². The molecule has 0 saturated carbocycles. The van der Waals surface area contributed by atoms with Crippen molar-refractivity contribution < 1.29 is 84.4 Å². The number of hydrogen-bond donors (Lipinski definition) is 6. The van der Waals surface area contributed by atoms with Crippen LogP contribution in [0.4, 0.5) is 44.6 Å². The summed E-state index contributed by atoms with van der Waals surface area (Å²) in [5.41, 5.74) is 8.89. The normalized spacial score (nSPS) is 20.5. The number of nitrogens with one attached hydrogen (secondary N) is 4. The highest BCUT2D eigenvalue weighted by Crippen LogP contribution is 2.43. The van der Waals surface area contributed by atoms with Crippen molar-refractivity contribution in [2.45, 2.75) is 69.4 Å². The van der Waals surface area contributed by atoms with E-state index in [0.29, 0.717) is 190 Å². The van der Waals surface area contributed by atoms with Crippen LogP contribution < -0.4 is 35.4 Å². The molecule has 8 atom stereocenters. The van der Waals surface area contributed by atoms with Crippen LogP contribution >= 0.6 is 68.8 Å². The van der Waals surface area contributed by atoms with Crippen molar-refractivity contribution >= 4 is 161 Å². The number of anilines is 3. The van der Waals surface area contributed by atoms with Crippen LogP contribution in [0.15, 0.2) is 211 Å². The molecule has 6 amide bonds. The molecule has 0 radical (unpaired) electrons. The average Bonchev–Trinajstić information content (AvgIpc) is 1.68. The number of aliphatic imine (C=N–C) groups is 3. The lowest BCUT2D eigenvalue weighted by atomic mass is 9.95. The second kappa shape index (κ2) is 43.5.